The van der Waals surface area contributed by atoms with Crippen LogP contribution in [0.15, 0.2) is 18.3 Å². The molecule has 0 spiro atoms. The van der Waals surface area contributed by atoms with Gasteiger partial charge in [0.2, 0.25) is 0 Å². The van der Waals surface area contributed by atoms with Crippen LogP contribution in [-0.2, 0) is 6.54 Å². The summed E-state index contributed by atoms with van der Waals surface area (Å²) in [5.41, 5.74) is 1.11. The smallest absolute Gasteiger partial charge is 0.337 e. The second-order valence-corrected chi connectivity index (χ2v) is 5.06. The Morgan fingerprint density at radius 3 is 2.83 bits per heavy atom. The summed E-state index contributed by atoms with van der Waals surface area (Å²) in [6.07, 6.45) is 7.23. The number of carboxylic acid groups (broad SMARTS) is 1. The lowest BCUT2D eigenvalue weighted by Gasteiger charge is -2.04. The molecule has 2 N–H and O–H groups in total. The fraction of sp³-hybridized carbons (Fsp3) is 0.538. The number of rotatable bonds is 9. The van der Waals surface area contributed by atoms with Gasteiger partial charge < -0.3 is 10.4 Å². The summed E-state index contributed by atoms with van der Waals surface area (Å²) in [7, 11) is 0. The van der Waals surface area contributed by atoms with Gasteiger partial charge in [-0.05, 0) is 43.5 Å². The number of carboxylic acids is 1. The third-order valence-corrected chi connectivity index (χ3v) is 3.28. The molecule has 1 heterocycles. The van der Waals surface area contributed by atoms with Crippen LogP contribution in [0.3, 0.4) is 0 Å². The Bertz CT molecular complexity index is 355. The van der Waals surface area contributed by atoms with Crippen molar-refractivity contribution < 1.29 is 9.90 Å². The highest BCUT2D eigenvalue weighted by molar-refractivity contribution is 7.98. The van der Waals surface area contributed by atoms with Crippen LogP contribution >= 0.6 is 11.8 Å². The first-order valence-electron chi connectivity index (χ1n) is 6.12. The summed E-state index contributed by atoms with van der Waals surface area (Å²) in [5, 5.41) is 12.0. The first kappa shape index (κ1) is 15.0. The molecule has 0 aliphatic carbocycles. The molecule has 0 unspecified atom stereocenters. The van der Waals surface area contributed by atoms with E-state index in [-0.39, 0.29) is 5.56 Å². The second-order valence-electron chi connectivity index (χ2n) is 4.07. The lowest BCUT2D eigenvalue weighted by atomic mass is 10.2. The maximum Gasteiger partial charge on any atom is 0.337 e. The van der Waals surface area contributed by atoms with Crippen molar-refractivity contribution in [2.24, 2.45) is 0 Å². The standard InChI is InChI=1S/C13H20N2O2S/c1-18-8-4-2-3-7-14-10-12-6-5-11(9-15-12)13(16)17/h5-6,9,14H,2-4,7-8,10H2,1H3,(H,16,17). The highest BCUT2D eigenvalue weighted by Crippen LogP contribution is 2.02. The normalized spacial score (nSPS) is 10.5. The number of aromatic nitrogens is 1. The predicted molar refractivity (Wildman–Crippen MR) is 75.1 cm³/mol. The Hall–Kier alpha value is -1.07. The van der Waals surface area contributed by atoms with Gasteiger partial charge in [0.15, 0.2) is 0 Å². The summed E-state index contributed by atoms with van der Waals surface area (Å²) < 4.78 is 0. The third-order valence-electron chi connectivity index (χ3n) is 2.58. The van der Waals surface area contributed by atoms with Crippen molar-refractivity contribution in [1.82, 2.24) is 10.3 Å². The van der Waals surface area contributed by atoms with Gasteiger partial charge in [0.1, 0.15) is 0 Å². The van der Waals surface area contributed by atoms with Crippen molar-refractivity contribution >= 4 is 17.7 Å². The summed E-state index contributed by atoms with van der Waals surface area (Å²) in [5.74, 6) is 0.300. The molecule has 0 fully saturated rings. The van der Waals surface area contributed by atoms with E-state index in [1.54, 1.807) is 12.1 Å². The quantitative estimate of drug-likeness (QED) is 0.673. The summed E-state index contributed by atoms with van der Waals surface area (Å²) in [4.78, 5) is 14.7. The largest absolute Gasteiger partial charge is 0.478 e. The monoisotopic (exact) mass is 268 g/mol. The van der Waals surface area contributed by atoms with E-state index < -0.39 is 5.97 Å². The molecule has 0 aliphatic heterocycles. The van der Waals surface area contributed by atoms with Crippen LogP contribution in [0.2, 0.25) is 0 Å². The molecular formula is C13H20N2O2S. The minimum Gasteiger partial charge on any atom is -0.478 e. The average molecular weight is 268 g/mol. The van der Waals surface area contributed by atoms with E-state index in [9.17, 15) is 4.79 Å². The molecule has 1 rings (SSSR count). The van der Waals surface area contributed by atoms with Gasteiger partial charge in [0.25, 0.3) is 0 Å². The van der Waals surface area contributed by atoms with Crippen molar-refractivity contribution in [3.63, 3.8) is 0 Å². The van der Waals surface area contributed by atoms with Gasteiger partial charge in [-0.3, -0.25) is 4.98 Å². The zero-order chi connectivity index (χ0) is 13.2. The van der Waals surface area contributed by atoms with Crippen LogP contribution in [0.25, 0.3) is 0 Å². The zero-order valence-corrected chi connectivity index (χ0v) is 11.5. The topological polar surface area (TPSA) is 62.2 Å². The van der Waals surface area contributed by atoms with Crippen LogP contribution in [0, 0.1) is 0 Å². The van der Waals surface area contributed by atoms with Gasteiger partial charge in [-0.15, -0.1) is 0 Å². The van der Waals surface area contributed by atoms with Crippen LogP contribution in [0.4, 0.5) is 0 Å². The Morgan fingerprint density at radius 1 is 1.39 bits per heavy atom. The lowest BCUT2D eigenvalue weighted by molar-refractivity contribution is 0.0696. The molecule has 0 aliphatic rings. The number of hydrogen-bond donors (Lipinski definition) is 2. The summed E-state index contributed by atoms with van der Waals surface area (Å²) in [6.45, 7) is 1.68. The fourth-order valence-corrected chi connectivity index (χ4v) is 2.04. The second kappa shape index (κ2) is 8.94. The van der Waals surface area contributed by atoms with Crippen LogP contribution in [0.1, 0.15) is 35.3 Å². The van der Waals surface area contributed by atoms with Gasteiger partial charge in [-0.2, -0.15) is 11.8 Å². The molecule has 0 aromatic carbocycles. The van der Waals surface area contributed by atoms with Gasteiger partial charge in [-0.1, -0.05) is 6.42 Å². The van der Waals surface area contributed by atoms with Gasteiger partial charge in [0, 0.05) is 12.7 Å². The zero-order valence-electron chi connectivity index (χ0n) is 10.7. The molecule has 0 bridgehead atoms. The average Bonchev–Trinajstić information content (AvgIpc) is 2.38. The van der Waals surface area contributed by atoms with E-state index in [4.69, 9.17) is 5.11 Å². The Kier molecular flexibility index (Phi) is 7.44. The minimum absolute atomic E-state index is 0.232. The number of pyridine rings is 1. The highest BCUT2D eigenvalue weighted by atomic mass is 32.2. The number of unbranched alkanes of at least 4 members (excludes halogenated alkanes) is 2. The van der Waals surface area contributed by atoms with E-state index in [0.717, 1.165) is 12.2 Å². The molecule has 1 aromatic heterocycles. The molecule has 0 saturated heterocycles. The number of nitrogens with one attached hydrogen (secondary N) is 1. The van der Waals surface area contributed by atoms with Crippen LogP contribution in [0.5, 0.6) is 0 Å². The maximum atomic E-state index is 10.6. The third kappa shape index (κ3) is 6.02. The van der Waals surface area contributed by atoms with Crippen LogP contribution < -0.4 is 5.32 Å². The van der Waals surface area contributed by atoms with Crippen molar-refractivity contribution in [2.45, 2.75) is 25.8 Å². The maximum absolute atomic E-state index is 10.6. The number of aromatic carboxylic acids is 1. The molecular weight excluding hydrogens is 248 g/mol. The molecule has 100 valence electrons. The first-order chi connectivity index (χ1) is 8.74. The molecule has 0 saturated carbocycles. The highest BCUT2D eigenvalue weighted by Gasteiger charge is 2.02. The molecule has 0 radical (unpaired) electrons. The Labute approximate surface area is 112 Å². The number of carbonyl (C=O) groups is 1. The van der Waals surface area contributed by atoms with Gasteiger partial charge in [-0.25, -0.2) is 4.79 Å². The van der Waals surface area contributed by atoms with Crippen LogP contribution in [-0.4, -0.2) is 34.6 Å². The van der Waals surface area contributed by atoms with Crippen molar-refractivity contribution in [2.75, 3.05) is 18.6 Å². The number of thioether (sulfide) groups is 1. The van der Waals surface area contributed by atoms with E-state index in [2.05, 4.69) is 16.6 Å². The van der Waals surface area contributed by atoms with Crippen molar-refractivity contribution in [3.8, 4) is 0 Å². The van der Waals surface area contributed by atoms with E-state index in [0.29, 0.717) is 6.54 Å². The molecule has 0 atom stereocenters. The van der Waals surface area contributed by atoms with Gasteiger partial charge in [0.05, 0.1) is 11.3 Å². The van der Waals surface area contributed by atoms with Gasteiger partial charge >= 0.3 is 5.97 Å². The molecule has 4 nitrogen and oxygen atoms in total. The minimum atomic E-state index is -0.934. The Balaban J connectivity index is 2.14. The number of nitrogens with zero attached hydrogens (tertiary/aromatic N) is 1. The van der Waals surface area contributed by atoms with Crippen molar-refractivity contribution in [3.05, 3.63) is 29.6 Å². The fourth-order valence-electron chi connectivity index (χ4n) is 1.55. The predicted octanol–water partition coefficient (Wildman–Crippen LogP) is 2.40. The summed E-state index contributed by atoms with van der Waals surface area (Å²) in [6, 6.07) is 3.34. The molecule has 5 heteroatoms. The molecule has 0 amide bonds. The Morgan fingerprint density at radius 2 is 2.22 bits per heavy atom. The summed E-state index contributed by atoms with van der Waals surface area (Å²) >= 11 is 1.89. The van der Waals surface area contributed by atoms with E-state index in [1.807, 2.05) is 11.8 Å². The molecule has 18 heavy (non-hydrogen) atoms. The lowest BCUT2D eigenvalue weighted by Crippen LogP contribution is -2.15. The van der Waals surface area contributed by atoms with E-state index in [1.165, 1.54) is 31.2 Å². The molecule has 1 aromatic rings. The van der Waals surface area contributed by atoms with E-state index >= 15 is 0 Å². The SMILES string of the molecule is CSCCCCCNCc1ccc(C(=O)O)cn1. The number of hydrogen-bond acceptors (Lipinski definition) is 4. The first-order valence-corrected chi connectivity index (χ1v) is 7.51. The van der Waals surface area contributed by atoms with Crippen molar-refractivity contribution in [1.29, 1.82) is 0 Å².